The van der Waals surface area contributed by atoms with Crippen LogP contribution in [0.2, 0.25) is 0 Å². The van der Waals surface area contributed by atoms with Crippen molar-refractivity contribution < 1.29 is 9.59 Å². The first-order valence-electron chi connectivity index (χ1n) is 7.77. The van der Waals surface area contributed by atoms with E-state index in [1.54, 1.807) is 4.90 Å². The van der Waals surface area contributed by atoms with Crippen molar-refractivity contribution in [3.8, 4) is 0 Å². The van der Waals surface area contributed by atoms with Gasteiger partial charge in [-0.1, -0.05) is 31.5 Å². The van der Waals surface area contributed by atoms with Gasteiger partial charge in [-0.05, 0) is 24.1 Å². The first-order valence-corrected chi connectivity index (χ1v) is 8.30. The van der Waals surface area contributed by atoms with Gasteiger partial charge in [-0.25, -0.2) is 0 Å². The van der Waals surface area contributed by atoms with E-state index >= 15 is 0 Å². The zero-order valence-corrected chi connectivity index (χ0v) is 14.1. The quantitative estimate of drug-likeness (QED) is 0.807. The van der Waals surface area contributed by atoms with Crippen LogP contribution in [0.5, 0.6) is 0 Å². The first kappa shape index (κ1) is 15.8. The number of Topliss-reactive ketones (excluding diaryl/α,β-unsaturated/α-hetero) is 1. The van der Waals surface area contributed by atoms with Crippen LogP contribution in [0.15, 0.2) is 30.3 Å². The average Bonchev–Trinajstić information content (AvgIpc) is 2.79. The number of halogens is 1. The minimum absolute atomic E-state index is 0.0298. The number of amides is 1. The van der Waals surface area contributed by atoms with Crippen molar-refractivity contribution in [2.75, 3.05) is 10.8 Å². The molecule has 0 unspecified atom stereocenters. The number of hydrogen-bond donors (Lipinski definition) is 0. The van der Waals surface area contributed by atoms with Gasteiger partial charge in [0.1, 0.15) is 11.6 Å². The maximum atomic E-state index is 12.8. The Morgan fingerprint density at radius 2 is 2.00 bits per heavy atom. The number of hydrogen-bond acceptors (Lipinski definition) is 2. The van der Waals surface area contributed by atoms with Gasteiger partial charge in [-0.3, -0.25) is 14.5 Å². The summed E-state index contributed by atoms with van der Waals surface area (Å²) in [6.07, 6.45) is 2.13. The molecule has 0 saturated heterocycles. The first-order chi connectivity index (χ1) is 11.1. The lowest BCUT2D eigenvalue weighted by Crippen LogP contribution is -2.27. The second-order valence-corrected chi connectivity index (χ2v) is 6.04. The summed E-state index contributed by atoms with van der Waals surface area (Å²) in [6, 6.07) is 9.46. The Labute approximate surface area is 140 Å². The molecule has 23 heavy (non-hydrogen) atoms. The molecular weight excluding hydrogens is 312 g/mol. The molecule has 1 aromatic carbocycles. The van der Waals surface area contributed by atoms with E-state index in [-0.39, 0.29) is 17.6 Å². The lowest BCUT2D eigenvalue weighted by atomic mass is 10.1. The number of alkyl halides is 1. The van der Waals surface area contributed by atoms with E-state index in [2.05, 4.69) is 6.92 Å². The van der Waals surface area contributed by atoms with Gasteiger partial charge in [-0.15, -0.1) is 11.6 Å². The van der Waals surface area contributed by atoms with E-state index in [0.717, 1.165) is 29.8 Å². The largest absolute Gasteiger partial charge is 0.344 e. The highest BCUT2D eigenvalue weighted by Crippen LogP contribution is 2.38. The van der Waals surface area contributed by atoms with Crippen LogP contribution < -0.4 is 4.90 Å². The summed E-state index contributed by atoms with van der Waals surface area (Å²) in [4.78, 5) is 26.9. The zero-order chi connectivity index (χ0) is 16.6. The van der Waals surface area contributed by atoms with Gasteiger partial charge in [0.2, 0.25) is 5.91 Å². The highest BCUT2D eigenvalue weighted by molar-refractivity contribution is 6.31. The molecule has 0 saturated carbocycles. The fraction of sp³-hybridized carbons (Fsp3) is 0.333. The second kappa shape index (κ2) is 6.20. The molecule has 0 atom stereocenters. The van der Waals surface area contributed by atoms with Gasteiger partial charge in [0.15, 0.2) is 5.78 Å². The predicted molar refractivity (Wildman–Crippen MR) is 91.8 cm³/mol. The van der Waals surface area contributed by atoms with Crippen molar-refractivity contribution in [3.05, 3.63) is 47.3 Å². The van der Waals surface area contributed by atoms with Crippen molar-refractivity contribution in [2.45, 2.75) is 26.2 Å². The summed E-state index contributed by atoms with van der Waals surface area (Å²) in [5.74, 6) is -0.314. The van der Waals surface area contributed by atoms with Crippen molar-refractivity contribution in [1.82, 2.24) is 4.57 Å². The molecular formula is C18H19ClN2O2. The molecule has 4 nitrogen and oxygen atoms in total. The van der Waals surface area contributed by atoms with E-state index in [4.69, 9.17) is 11.6 Å². The van der Waals surface area contributed by atoms with Gasteiger partial charge >= 0.3 is 0 Å². The topological polar surface area (TPSA) is 42.3 Å². The Bertz CT molecular complexity index is 779. The normalized spacial score (nSPS) is 13.5. The van der Waals surface area contributed by atoms with Crippen LogP contribution >= 0.6 is 11.6 Å². The van der Waals surface area contributed by atoms with E-state index in [1.165, 1.54) is 0 Å². The monoisotopic (exact) mass is 330 g/mol. The molecule has 0 fully saturated rings. The molecule has 5 heteroatoms. The number of benzene rings is 1. The maximum absolute atomic E-state index is 12.8. The number of carbonyl (C=O) groups excluding carboxylic acids is 2. The van der Waals surface area contributed by atoms with Crippen LogP contribution in [-0.2, 0) is 24.7 Å². The summed E-state index contributed by atoms with van der Waals surface area (Å²) in [7, 11) is 1.89. The van der Waals surface area contributed by atoms with Crippen LogP contribution in [0.25, 0.3) is 0 Å². The standard InChI is InChI=1S/C18H19ClN2O2/c1-3-6-13-10-15-18(20(13)2)16(22)9-12-7-4-5-8-14(12)21(15)17(23)11-19/h4-5,7-8,10H,3,6,9,11H2,1-2H3. The van der Waals surface area contributed by atoms with Gasteiger partial charge in [-0.2, -0.15) is 0 Å². The van der Waals surface area contributed by atoms with Crippen LogP contribution in [0.4, 0.5) is 11.4 Å². The van der Waals surface area contributed by atoms with Crippen LogP contribution in [0, 0.1) is 0 Å². The lowest BCUT2D eigenvalue weighted by molar-refractivity contribution is -0.115. The molecule has 2 aromatic rings. The molecule has 0 bridgehead atoms. The van der Waals surface area contributed by atoms with Gasteiger partial charge in [0.05, 0.1) is 11.4 Å². The van der Waals surface area contributed by atoms with Gasteiger partial charge in [0, 0.05) is 19.2 Å². The van der Waals surface area contributed by atoms with Gasteiger partial charge in [0.25, 0.3) is 0 Å². The minimum Gasteiger partial charge on any atom is -0.344 e. The van der Waals surface area contributed by atoms with Crippen LogP contribution in [0.1, 0.15) is 35.1 Å². The zero-order valence-electron chi connectivity index (χ0n) is 13.3. The molecule has 1 aliphatic rings. The molecule has 0 N–H and O–H groups in total. The molecule has 120 valence electrons. The van der Waals surface area contributed by atoms with E-state index in [0.29, 0.717) is 17.8 Å². The third kappa shape index (κ3) is 2.57. The van der Waals surface area contributed by atoms with Crippen molar-refractivity contribution in [1.29, 1.82) is 0 Å². The summed E-state index contributed by atoms with van der Waals surface area (Å²) in [5.41, 5.74) is 3.89. The fourth-order valence-electron chi connectivity index (χ4n) is 3.23. The molecule has 3 rings (SSSR count). The average molecular weight is 331 g/mol. The summed E-state index contributed by atoms with van der Waals surface area (Å²) < 4.78 is 1.92. The molecule has 2 heterocycles. The highest BCUT2D eigenvalue weighted by atomic mass is 35.5. The Balaban J connectivity index is 2.27. The number of anilines is 2. The number of rotatable bonds is 3. The third-order valence-electron chi connectivity index (χ3n) is 4.27. The van der Waals surface area contributed by atoms with Crippen LogP contribution in [-0.4, -0.2) is 22.1 Å². The number of aromatic nitrogens is 1. The predicted octanol–water partition coefficient (Wildman–Crippen LogP) is 3.62. The highest BCUT2D eigenvalue weighted by Gasteiger charge is 2.32. The second-order valence-electron chi connectivity index (χ2n) is 5.77. The van der Waals surface area contributed by atoms with E-state index in [9.17, 15) is 9.59 Å². The number of ketones is 1. The summed E-state index contributed by atoms with van der Waals surface area (Å²) in [6.45, 7) is 2.09. The molecule has 0 aliphatic carbocycles. The summed E-state index contributed by atoms with van der Waals surface area (Å²) >= 11 is 5.83. The van der Waals surface area contributed by atoms with Gasteiger partial charge < -0.3 is 4.57 Å². The minimum atomic E-state index is -0.219. The maximum Gasteiger partial charge on any atom is 0.246 e. The number of carbonyl (C=O) groups is 2. The Kier molecular flexibility index (Phi) is 4.26. The number of aryl methyl sites for hydroxylation is 1. The van der Waals surface area contributed by atoms with Crippen molar-refractivity contribution >= 4 is 34.7 Å². The number of fused-ring (bicyclic) bond motifs is 2. The fourth-order valence-corrected chi connectivity index (χ4v) is 3.35. The molecule has 0 spiro atoms. The molecule has 1 aromatic heterocycles. The molecule has 0 radical (unpaired) electrons. The number of para-hydroxylation sites is 1. The SMILES string of the molecule is CCCc1cc2c(n1C)C(=O)Cc1ccccc1N2C(=O)CCl. The molecule has 1 amide bonds. The smallest absolute Gasteiger partial charge is 0.246 e. The Morgan fingerprint density at radius 3 is 2.70 bits per heavy atom. The summed E-state index contributed by atoms with van der Waals surface area (Å²) in [5, 5.41) is 0. The van der Waals surface area contributed by atoms with Crippen LogP contribution in [0.3, 0.4) is 0 Å². The Hall–Kier alpha value is -2.07. The third-order valence-corrected chi connectivity index (χ3v) is 4.50. The Morgan fingerprint density at radius 1 is 1.26 bits per heavy atom. The van der Waals surface area contributed by atoms with E-state index in [1.807, 2.05) is 41.9 Å². The van der Waals surface area contributed by atoms with Crippen molar-refractivity contribution in [2.24, 2.45) is 7.05 Å². The van der Waals surface area contributed by atoms with Crippen molar-refractivity contribution in [3.63, 3.8) is 0 Å². The van der Waals surface area contributed by atoms with E-state index < -0.39 is 0 Å². The lowest BCUT2D eigenvalue weighted by Gasteiger charge is -2.22. The number of nitrogens with zero attached hydrogens (tertiary/aromatic N) is 2. The molecule has 1 aliphatic heterocycles.